The Kier molecular flexibility index (Phi) is 3.58. The van der Waals surface area contributed by atoms with Crippen LogP contribution in [0.15, 0.2) is 12.7 Å². The molecule has 0 aromatic rings. The van der Waals surface area contributed by atoms with Crippen LogP contribution < -0.4 is 0 Å². The van der Waals surface area contributed by atoms with Crippen LogP contribution >= 0.6 is 0 Å². The van der Waals surface area contributed by atoms with E-state index in [0.717, 1.165) is 18.8 Å². The number of nitrogens with zero attached hydrogens (tertiary/aromatic N) is 1. The molecule has 1 fully saturated rings. The van der Waals surface area contributed by atoms with Gasteiger partial charge in [-0.05, 0) is 36.7 Å². The summed E-state index contributed by atoms with van der Waals surface area (Å²) in [4.78, 5) is 13.3. The summed E-state index contributed by atoms with van der Waals surface area (Å²) in [6, 6.07) is 0.416. The highest BCUT2D eigenvalue weighted by atomic mass is 16.2. The molecule has 2 heteroatoms. The molecule has 0 saturated heterocycles. The molecule has 15 heavy (non-hydrogen) atoms. The number of carbonyl (C=O) groups excluding carboxylic acids is 1. The fraction of sp³-hybridized carbons (Fsp3) is 0.769. The van der Waals surface area contributed by atoms with Gasteiger partial charge in [-0.2, -0.15) is 0 Å². The first kappa shape index (κ1) is 12.3. The van der Waals surface area contributed by atoms with Gasteiger partial charge in [0.15, 0.2) is 0 Å². The van der Waals surface area contributed by atoms with Crippen molar-refractivity contribution in [1.29, 1.82) is 0 Å². The van der Waals surface area contributed by atoms with Gasteiger partial charge in [0, 0.05) is 13.1 Å². The summed E-state index contributed by atoms with van der Waals surface area (Å²) in [5.74, 6) is 0.789. The van der Waals surface area contributed by atoms with E-state index < -0.39 is 0 Å². The first-order chi connectivity index (χ1) is 6.86. The zero-order valence-corrected chi connectivity index (χ0v) is 10.4. The molecule has 2 unspecified atom stereocenters. The van der Waals surface area contributed by atoms with Crippen molar-refractivity contribution in [2.24, 2.45) is 11.3 Å². The Morgan fingerprint density at radius 2 is 2.00 bits per heavy atom. The topological polar surface area (TPSA) is 20.3 Å². The van der Waals surface area contributed by atoms with Crippen LogP contribution in [0.2, 0.25) is 0 Å². The van der Waals surface area contributed by atoms with Gasteiger partial charge >= 0.3 is 0 Å². The van der Waals surface area contributed by atoms with E-state index in [4.69, 9.17) is 0 Å². The Morgan fingerprint density at radius 1 is 1.40 bits per heavy atom. The molecular formula is C13H23NO. The van der Waals surface area contributed by atoms with E-state index in [1.54, 1.807) is 0 Å². The molecule has 0 heterocycles. The Morgan fingerprint density at radius 3 is 2.40 bits per heavy atom. The van der Waals surface area contributed by atoms with Gasteiger partial charge in [-0.1, -0.05) is 27.4 Å². The number of likely N-dealkylation sites (N-methyl/N-ethyl adjacent to an activating group) is 1. The van der Waals surface area contributed by atoms with E-state index in [1.807, 2.05) is 11.9 Å². The lowest BCUT2D eigenvalue weighted by Crippen LogP contribution is -2.34. The average Bonchev–Trinajstić information content (AvgIpc) is 2.63. The van der Waals surface area contributed by atoms with E-state index >= 15 is 0 Å². The van der Waals surface area contributed by atoms with Crippen molar-refractivity contribution >= 4 is 5.91 Å². The molecule has 0 bridgehead atoms. The number of amides is 1. The molecule has 0 N–H and O–H groups in total. The zero-order valence-electron chi connectivity index (χ0n) is 10.4. The maximum Gasteiger partial charge on any atom is 0.245 e. The van der Waals surface area contributed by atoms with Crippen molar-refractivity contribution in [2.45, 2.75) is 46.1 Å². The van der Waals surface area contributed by atoms with E-state index in [9.17, 15) is 4.79 Å². The summed E-state index contributed by atoms with van der Waals surface area (Å²) in [5, 5.41) is 0. The summed E-state index contributed by atoms with van der Waals surface area (Å²) >= 11 is 0. The van der Waals surface area contributed by atoms with Gasteiger partial charge in [0.25, 0.3) is 0 Å². The van der Waals surface area contributed by atoms with Gasteiger partial charge in [0.1, 0.15) is 0 Å². The minimum atomic E-state index is 0.0505. The molecule has 0 radical (unpaired) electrons. The second-order valence-electron chi connectivity index (χ2n) is 5.68. The minimum Gasteiger partial charge on any atom is -0.339 e. The number of hydrogen-bond acceptors (Lipinski definition) is 1. The fourth-order valence-corrected chi connectivity index (χ4v) is 2.42. The predicted molar refractivity (Wildman–Crippen MR) is 63.6 cm³/mol. The largest absolute Gasteiger partial charge is 0.339 e. The maximum absolute atomic E-state index is 11.5. The van der Waals surface area contributed by atoms with Crippen molar-refractivity contribution in [3.63, 3.8) is 0 Å². The molecule has 2 atom stereocenters. The van der Waals surface area contributed by atoms with E-state index in [2.05, 4.69) is 27.4 Å². The zero-order chi connectivity index (χ0) is 11.6. The standard InChI is InChI=1S/C13H23NO/c1-6-12(15)14(5)11-8-7-10(9-11)13(2,3)4/h6,10-11H,1,7-9H2,2-5H3. The SMILES string of the molecule is C=CC(=O)N(C)C1CCC(C(C)(C)C)C1. The lowest BCUT2D eigenvalue weighted by Gasteiger charge is -2.28. The van der Waals surface area contributed by atoms with Crippen molar-refractivity contribution in [3.05, 3.63) is 12.7 Å². The van der Waals surface area contributed by atoms with Crippen LogP contribution in [0.1, 0.15) is 40.0 Å². The highest BCUT2D eigenvalue weighted by Gasteiger charge is 2.35. The van der Waals surface area contributed by atoms with Crippen LogP contribution in [0, 0.1) is 11.3 Å². The summed E-state index contributed by atoms with van der Waals surface area (Å²) in [6.07, 6.45) is 4.92. The second kappa shape index (κ2) is 4.38. The Balaban J connectivity index is 2.56. The molecule has 0 aromatic heterocycles. The molecule has 0 spiro atoms. The minimum absolute atomic E-state index is 0.0505. The molecule has 1 amide bonds. The number of hydrogen-bond donors (Lipinski definition) is 0. The molecule has 0 aromatic carbocycles. The first-order valence-electron chi connectivity index (χ1n) is 5.75. The van der Waals surface area contributed by atoms with Crippen LogP contribution in [-0.4, -0.2) is 23.9 Å². The summed E-state index contributed by atoms with van der Waals surface area (Å²) < 4.78 is 0. The van der Waals surface area contributed by atoms with Gasteiger partial charge in [-0.15, -0.1) is 0 Å². The van der Waals surface area contributed by atoms with Gasteiger partial charge in [0.2, 0.25) is 5.91 Å². The van der Waals surface area contributed by atoms with Crippen LogP contribution in [0.5, 0.6) is 0 Å². The Hall–Kier alpha value is -0.790. The second-order valence-corrected chi connectivity index (χ2v) is 5.68. The summed E-state index contributed by atoms with van der Waals surface area (Å²) in [6.45, 7) is 10.4. The van der Waals surface area contributed by atoms with Gasteiger partial charge in [0.05, 0.1) is 0 Å². The van der Waals surface area contributed by atoms with Gasteiger partial charge in [-0.3, -0.25) is 4.79 Å². The normalized spacial score (nSPS) is 26.4. The summed E-state index contributed by atoms with van der Waals surface area (Å²) in [7, 11) is 1.89. The quantitative estimate of drug-likeness (QED) is 0.640. The van der Waals surface area contributed by atoms with Crippen LogP contribution in [0.4, 0.5) is 0 Å². The number of rotatable bonds is 2. The van der Waals surface area contributed by atoms with E-state index in [1.165, 1.54) is 12.5 Å². The van der Waals surface area contributed by atoms with Crippen LogP contribution in [-0.2, 0) is 4.79 Å². The predicted octanol–water partition coefficient (Wildman–Crippen LogP) is 2.85. The molecule has 2 nitrogen and oxygen atoms in total. The van der Waals surface area contributed by atoms with Crippen molar-refractivity contribution in [1.82, 2.24) is 4.90 Å². The maximum atomic E-state index is 11.5. The Labute approximate surface area is 93.3 Å². The van der Waals surface area contributed by atoms with Crippen LogP contribution in [0.3, 0.4) is 0 Å². The molecule has 0 aliphatic heterocycles. The molecule has 1 saturated carbocycles. The third-order valence-electron chi connectivity index (χ3n) is 3.70. The summed E-state index contributed by atoms with van der Waals surface area (Å²) in [5.41, 5.74) is 0.368. The monoisotopic (exact) mass is 209 g/mol. The number of carbonyl (C=O) groups is 1. The molecule has 1 aliphatic rings. The fourth-order valence-electron chi connectivity index (χ4n) is 2.42. The van der Waals surface area contributed by atoms with E-state index in [0.29, 0.717) is 11.5 Å². The lowest BCUT2D eigenvalue weighted by atomic mass is 9.79. The molecular weight excluding hydrogens is 186 g/mol. The third kappa shape index (κ3) is 2.83. The molecule has 86 valence electrons. The molecule has 1 rings (SSSR count). The first-order valence-corrected chi connectivity index (χ1v) is 5.75. The smallest absolute Gasteiger partial charge is 0.245 e. The van der Waals surface area contributed by atoms with Crippen molar-refractivity contribution in [2.75, 3.05) is 7.05 Å². The highest BCUT2D eigenvalue weighted by Crippen LogP contribution is 2.40. The van der Waals surface area contributed by atoms with Crippen LogP contribution in [0.25, 0.3) is 0 Å². The Bertz CT molecular complexity index is 252. The van der Waals surface area contributed by atoms with E-state index in [-0.39, 0.29) is 5.91 Å². The molecule has 1 aliphatic carbocycles. The lowest BCUT2D eigenvalue weighted by molar-refractivity contribution is -0.126. The van der Waals surface area contributed by atoms with Gasteiger partial charge in [-0.25, -0.2) is 0 Å². The van der Waals surface area contributed by atoms with Crippen molar-refractivity contribution in [3.8, 4) is 0 Å². The highest BCUT2D eigenvalue weighted by molar-refractivity contribution is 5.87. The average molecular weight is 209 g/mol. The van der Waals surface area contributed by atoms with Gasteiger partial charge < -0.3 is 4.90 Å². The third-order valence-corrected chi connectivity index (χ3v) is 3.70. The van der Waals surface area contributed by atoms with Crippen molar-refractivity contribution < 1.29 is 4.79 Å².